The van der Waals surface area contributed by atoms with E-state index in [1.54, 1.807) is 24.5 Å². The lowest BCUT2D eigenvalue weighted by Gasteiger charge is -2.33. The highest BCUT2D eigenvalue weighted by atomic mass is 19.4. The van der Waals surface area contributed by atoms with E-state index in [1.165, 1.54) is 12.1 Å². The molecule has 1 aliphatic heterocycles. The van der Waals surface area contributed by atoms with Gasteiger partial charge in [0.2, 0.25) is 5.95 Å². The van der Waals surface area contributed by atoms with Crippen molar-refractivity contribution in [2.45, 2.75) is 26.6 Å². The topological polar surface area (TPSA) is 86.3 Å². The zero-order valence-electron chi connectivity index (χ0n) is 25.8. The number of alkyl halides is 3. The number of hydrogen-bond donors (Lipinski definition) is 2. The predicted octanol–water partition coefficient (Wildman–Crippen LogP) is 7.07. The van der Waals surface area contributed by atoms with Gasteiger partial charge in [-0.05, 0) is 91.7 Å². The Kier molecular flexibility index (Phi) is 8.70. The van der Waals surface area contributed by atoms with Gasteiger partial charge in [0.15, 0.2) is 0 Å². The predicted molar refractivity (Wildman–Crippen MR) is 174 cm³/mol. The number of halogens is 3. The molecule has 236 valence electrons. The second kappa shape index (κ2) is 12.9. The van der Waals surface area contributed by atoms with Crippen LogP contribution in [0.3, 0.4) is 0 Å². The Morgan fingerprint density at radius 2 is 1.65 bits per heavy atom. The molecule has 3 heterocycles. The Morgan fingerprint density at radius 1 is 0.870 bits per heavy atom. The van der Waals surface area contributed by atoms with Crippen LogP contribution in [0.4, 0.5) is 30.5 Å². The number of fused-ring (bicyclic) bond motifs is 1. The zero-order chi connectivity index (χ0) is 32.4. The Bertz CT molecular complexity index is 1880. The number of piperazine rings is 1. The van der Waals surface area contributed by atoms with Crippen molar-refractivity contribution >= 4 is 34.1 Å². The first-order valence-electron chi connectivity index (χ1n) is 15.0. The number of benzene rings is 3. The molecule has 8 nitrogen and oxygen atoms in total. The average molecular weight is 626 g/mol. The molecular weight excluding hydrogens is 591 g/mol. The van der Waals surface area contributed by atoms with E-state index >= 15 is 0 Å². The maximum Gasteiger partial charge on any atom is 0.416 e. The number of aromatic nitrogens is 3. The van der Waals surface area contributed by atoms with Crippen molar-refractivity contribution in [1.82, 2.24) is 24.8 Å². The molecule has 2 aromatic heterocycles. The smallest absolute Gasteiger partial charge is 0.323 e. The second-order valence-corrected chi connectivity index (χ2v) is 11.7. The van der Waals surface area contributed by atoms with Gasteiger partial charge in [-0.25, -0.2) is 9.97 Å². The number of carbonyl (C=O) groups excluding carboxylic acids is 1. The molecule has 3 aromatic carbocycles. The minimum Gasteiger partial charge on any atom is -0.323 e. The van der Waals surface area contributed by atoms with Crippen LogP contribution in [0, 0.1) is 13.8 Å². The average Bonchev–Trinajstić information content (AvgIpc) is 3.03. The number of nitrogens with zero attached hydrogens (tertiary/aromatic N) is 5. The summed E-state index contributed by atoms with van der Waals surface area (Å²) in [5.74, 6) is -0.0478. The number of nitrogens with one attached hydrogen (secondary N) is 2. The lowest BCUT2D eigenvalue weighted by molar-refractivity contribution is -0.138. The van der Waals surface area contributed by atoms with Crippen molar-refractivity contribution < 1.29 is 18.0 Å². The highest BCUT2D eigenvalue weighted by Gasteiger charge is 2.34. The van der Waals surface area contributed by atoms with Gasteiger partial charge in [-0.1, -0.05) is 18.2 Å². The van der Waals surface area contributed by atoms with Crippen molar-refractivity contribution in [2.75, 3.05) is 43.9 Å². The fourth-order valence-corrected chi connectivity index (χ4v) is 5.51. The molecule has 1 aliphatic rings. The molecule has 0 saturated carbocycles. The fourth-order valence-electron chi connectivity index (χ4n) is 5.51. The largest absolute Gasteiger partial charge is 0.416 e. The van der Waals surface area contributed by atoms with Gasteiger partial charge in [0, 0.05) is 61.3 Å². The summed E-state index contributed by atoms with van der Waals surface area (Å²) >= 11 is 0. The highest BCUT2D eigenvalue weighted by Crippen LogP contribution is 2.35. The molecular formula is C35H34F3N7O. The fraction of sp³-hybridized carbons (Fsp3) is 0.257. The van der Waals surface area contributed by atoms with Crippen LogP contribution in [0.1, 0.15) is 32.7 Å². The van der Waals surface area contributed by atoms with Crippen LogP contribution in [-0.4, -0.2) is 63.9 Å². The Labute approximate surface area is 265 Å². The first kappa shape index (κ1) is 31.1. The van der Waals surface area contributed by atoms with E-state index in [0.717, 1.165) is 58.1 Å². The van der Waals surface area contributed by atoms with Gasteiger partial charge in [0.25, 0.3) is 5.91 Å². The second-order valence-electron chi connectivity index (χ2n) is 11.7. The van der Waals surface area contributed by atoms with Crippen LogP contribution in [0.15, 0.2) is 79.1 Å². The molecule has 1 saturated heterocycles. The summed E-state index contributed by atoms with van der Waals surface area (Å²) in [7, 11) is 2.00. The van der Waals surface area contributed by atoms with Crippen molar-refractivity contribution in [3.63, 3.8) is 0 Å². The summed E-state index contributed by atoms with van der Waals surface area (Å²) in [6.45, 7) is 7.09. The SMILES string of the molecule is Cc1ccc(Nc2ncc3cc(-c4cc(C(=O)Nc5ccc(CN6CCN(C)CC6)c(C(F)(F)F)c5)ccc4C)ccc3n2)cn1. The molecule has 6 rings (SSSR count). The van der Waals surface area contributed by atoms with Crippen molar-refractivity contribution in [3.05, 3.63) is 107 Å². The molecule has 0 spiro atoms. The molecule has 46 heavy (non-hydrogen) atoms. The van der Waals surface area contributed by atoms with Gasteiger partial charge in [0.05, 0.1) is 23.0 Å². The molecule has 1 fully saturated rings. The summed E-state index contributed by atoms with van der Waals surface area (Å²) in [6, 6.07) is 18.8. The van der Waals surface area contributed by atoms with E-state index in [4.69, 9.17) is 0 Å². The van der Waals surface area contributed by atoms with E-state index in [-0.39, 0.29) is 17.8 Å². The monoisotopic (exact) mass is 625 g/mol. The molecule has 0 unspecified atom stereocenters. The summed E-state index contributed by atoms with van der Waals surface area (Å²) < 4.78 is 42.2. The van der Waals surface area contributed by atoms with Gasteiger partial charge in [-0.2, -0.15) is 13.2 Å². The summed E-state index contributed by atoms with van der Waals surface area (Å²) in [5.41, 5.74) is 4.94. The van der Waals surface area contributed by atoms with Crippen LogP contribution in [0.5, 0.6) is 0 Å². The van der Waals surface area contributed by atoms with Gasteiger partial charge >= 0.3 is 6.18 Å². The maximum absolute atomic E-state index is 14.1. The quantitative estimate of drug-likeness (QED) is 0.200. The van der Waals surface area contributed by atoms with Crippen LogP contribution in [0.25, 0.3) is 22.0 Å². The first-order chi connectivity index (χ1) is 22.0. The van der Waals surface area contributed by atoms with Gasteiger partial charge in [-0.3, -0.25) is 14.7 Å². The van der Waals surface area contributed by atoms with E-state index in [2.05, 4.69) is 30.5 Å². The van der Waals surface area contributed by atoms with Crippen molar-refractivity contribution in [3.8, 4) is 11.1 Å². The highest BCUT2D eigenvalue weighted by molar-refractivity contribution is 6.05. The molecule has 0 bridgehead atoms. The van der Waals surface area contributed by atoms with Crippen molar-refractivity contribution in [1.29, 1.82) is 0 Å². The number of carbonyl (C=O) groups is 1. The Balaban J connectivity index is 1.20. The molecule has 0 aliphatic carbocycles. The summed E-state index contributed by atoms with van der Waals surface area (Å²) in [5, 5.41) is 6.65. The van der Waals surface area contributed by atoms with Gasteiger partial charge < -0.3 is 15.5 Å². The number of hydrogen-bond acceptors (Lipinski definition) is 7. The maximum atomic E-state index is 14.1. The van der Waals surface area contributed by atoms with E-state index in [1.807, 2.05) is 62.2 Å². The number of aryl methyl sites for hydroxylation is 2. The molecule has 2 N–H and O–H groups in total. The molecule has 0 radical (unpaired) electrons. The lowest BCUT2D eigenvalue weighted by atomic mass is 9.96. The number of rotatable bonds is 7. The summed E-state index contributed by atoms with van der Waals surface area (Å²) in [6.07, 6.45) is -1.10. The molecule has 1 amide bonds. The van der Waals surface area contributed by atoms with Crippen molar-refractivity contribution in [2.24, 2.45) is 0 Å². The van der Waals surface area contributed by atoms with E-state index in [9.17, 15) is 18.0 Å². The lowest BCUT2D eigenvalue weighted by Crippen LogP contribution is -2.44. The van der Waals surface area contributed by atoms with Crippen LogP contribution in [-0.2, 0) is 12.7 Å². The molecule has 0 atom stereocenters. The molecule has 5 aromatic rings. The first-order valence-corrected chi connectivity index (χ1v) is 15.0. The summed E-state index contributed by atoms with van der Waals surface area (Å²) in [4.78, 5) is 30.8. The molecule has 11 heteroatoms. The number of likely N-dealkylation sites (N-methyl/N-ethyl adjacent to an activating group) is 1. The van der Waals surface area contributed by atoms with Crippen LogP contribution < -0.4 is 10.6 Å². The zero-order valence-corrected chi connectivity index (χ0v) is 25.8. The Hall–Kier alpha value is -4.87. The Morgan fingerprint density at radius 3 is 2.39 bits per heavy atom. The van der Waals surface area contributed by atoms with Gasteiger partial charge in [-0.15, -0.1) is 0 Å². The number of pyridine rings is 1. The van der Waals surface area contributed by atoms with Crippen LogP contribution >= 0.6 is 0 Å². The van der Waals surface area contributed by atoms with E-state index < -0.39 is 17.6 Å². The van der Waals surface area contributed by atoms with E-state index in [0.29, 0.717) is 24.6 Å². The number of anilines is 3. The standard InChI is InChI=1S/C35H34F3N7O/c1-22-4-6-25(33(46)41-28-10-7-26(31(18-28)35(36,37)38)21-45-14-12-44(3)13-15-45)17-30(22)24-8-11-32-27(16-24)19-40-34(43-32)42-29-9-5-23(2)39-20-29/h4-11,16-20H,12-15,21H2,1-3H3,(H,41,46)(H,40,42,43). The number of amides is 1. The third-order valence-corrected chi connectivity index (χ3v) is 8.22. The third-order valence-electron chi connectivity index (χ3n) is 8.22. The van der Waals surface area contributed by atoms with Gasteiger partial charge in [0.1, 0.15) is 0 Å². The minimum atomic E-state index is -4.55. The third kappa shape index (κ3) is 7.16. The van der Waals surface area contributed by atoms with Crippen LogP contribution in [0.2, 0.25) is 0 Å². The minimum absolute atomic E-state index is 0.0928. The normalized spacial score (nSPS) is 14.4.